The number of nitrogens with zero attached hydrogens (tertiary/aromatic N) is 1. The van der Waals surface area contributed by atoms with Gasteiger partial charge in [0.15, 0.2) is 0 Å². The van der Waals surface area contributed by atoms with Gasteiger partial charge in [-0.2, -0.15) is 0 Å². The maximum atomic E-state index is 11.0. The van der Waals surface area contributed by atoms with Gasteiger partial charge in [0.1, 0.15) is 9.84 Å². The van der Waals surface area contributed by atoms with Gasteiger partial charge in [0, 0.05) is 6.26 Å². The lowest BCUT2D eigenvalue weighted by atomic mass is 9.75. The molecule has 2 unspecified atom stereocenters. The summed E-state index contributed by atoms with van der Waals surface area (Å²) in [5.74, 6) is 0.997. The van der Waals surface area contributed by atoms with E-state index in [-0.39, 0.29) is 0 Å². The molecule has 0 aromatic heterocycles. The van der Waals surface area contributed by atoms with Crippen LogP contribution in [0.25, 0.3) is 0 Å². The lowest BCUT2D eigenvalue weighted by Crippen LogP contribution is -2.33. The van der Waals surface area contributed by atoms with Crippen molar-refractivity contribution in [2.45, 2.75) is 12.8 Å². The van der Waals surface area contributed by atoms with E-state index < -0.39 is 9.84 Å². The fraction of sp³-hybridized carbons (Fsp3) is 0.875. The van der Waals surface area contributed by atoms with Gasteiger partial charge in [-0.1, -0.05) is 0 Å². The van der Waals surface area contributed by atoms with Crippen LogP contribution in [0.2, 0.25) is 0 Å². The number of hydrogen-bond donors (Lipinski definition) is 0. The Morgan fingerprint density at radius 3 is 2.46 bits per heavy atom. The Morgan fingerprint density at radius 1 is 1.46 bits per heavy atom. The molecule has 13 heavy (non-hydrogen) atoms. The third kappa shape index (κ3) is 3.55. The molecule has 2 atom stereocenters. The average Bonchev–Trinajstić information content (AvgIpc) is 1.98. The van der Waals surface area contributed by atoms with Crippen molar-refractivity contribution < 1.29 is 8.42 Å². The van der Waals surface area contributed by atoms with E-state index in [4.69, 9.17) is 0 Å². The number of rotatable bonds is 4. The van der Waals surface area contributed by atoms with Crippen molar-refractivity contribution in [3.05, 3.63) is 0 Å². The van der Waals surface area contributed by atoms with E-state index in [0.29, 0.717) is 24.1 Å². The van der Waals surface area contributed by atoms with Crippen LogP contribution in [0.3, 0.4) is 0 Å². The minimum absolute atomic E-state index is 0.294. The Bertz CT molecular complexity index is 317. The number of isothiocyanates is 1. The zero-order valence-electron chi connectivity index (χ0n) is 7.56. The first-order valence-corrected chi connectivity index (χ1v) is 6.71. The zero-order chi connectivity index (χ0) is 9.90. The van der Waals surface area contributed by atoms with Crippen molar-refractivity contribution in [1.29, 1.82) is 0 Å². The first kappa shape index (κ1) is 10.8. The smallest absolute Gasteiger partial charge is 0.147 e. The molecular formula is C8H13NO2S2. The molecule has 0 aromatic carbocycles. The van der Waals surface area contributed by atoms with Gasteiger partial charge < -0.3 is 0 Å². The minimum atomic E-state index is -2.83. The van der Waals surface area contributed by atoms with Gasteiger partial charge in [0.05, 0.1) is 17.5 Å². The Hall–Kier alpha value is -0.250. The summed E-state index contributed by atoms with van der Waals surface area (Å²) in [5.41, 5.74) is 0. The summed E-state index contributed by atoms with van der Waals surface area (Å²) in [6.07, 6.45) is 3.36. The van der Waals surface area contributed by atoms with Crippen molar-refractivity contribution in [2.24, 2.45) is 16.8 Å². The van der Waals surface area contributed by atoms with E-state index in [1.54, 1.807) is 0 Å². The second kappa shape index (κ2) is 4.31. The Balaban J connectivity index is 2.41. The van der Waals surface area contributed by atoms with Crippen LogP contribution in [0.1, 0.15) is 12.8 Å². The second-order valence-corrected chi connectivity index (χ2v) is 5.99. The quantitative estimate of drug-likeness (QED) is 0.526. The molecule has 1 saturated carbocycles. The van der Waals surface area contributed by atoms with Gasteiger partial charge in [0.25, 0.3) is 0 Å². The molecule has 0 aromatic rings. The number of thiocarbonyl (C=S) groups is 1. The lowest BCUT2D eigenvalue weighted by molar-refractivity contribution is 0.208. The highest BCUT2D eigenvalue weighted by molar-refractivity contribution is 7.90. The number of sulfone groups is 1. The van der Waals surface area contributed by atoms with E-state index in [1.165, 1.54) is 6.26 Å². The zero-order valence-corrected chi connectivity index (χ0v) is 9.20. The normalized spacial score (nSPS) is 27.5. The SMILES string of the molecule is CS(=O)(=O)CC1CCC1CN=C=S. The second-order valence-electron chi connectivity index (χ2n) is 3.62. The molecule has 0 spiro atoms. The van der Waals surface area contributed by atoms with Crippen molar-refractivity contribution in [3.8, 4) is 0 Å². The van der Waals surface area contributed by atoms with Crippen LogP contribution in [0.5, 0.6) is 0 Å². The molecule has 3 nitrogen and oxygen atoms in total. The van der Waals surface area contributed by atoms with Gasteiger partial charge in [-0.3, -0.25) is 0 Å². The molecule has 0 radical (unpaired) electrons. The molecule has 1 rings (SSSR count). The Labute approximate surface area is 84.2 Å². The number of aliphatic imine (C=N–C) groups is 1. The molecule has 1 aliphatic rings. The molecule has 5 heteroatoms. The highest BCUT2D eigenvalue weighted by Gasteiger charge is 2.32. The van der Waals surface area contributed by atoms with Crippen molar-refractivity contribution in [2.75, 3.05) is 18.6 Å². The summed E-state index contributed by atoms with van der Waals surface area (Å²) in [7, 11) is -2.83. The monoisotopic (exact) mass is 219 g/mol. The van der Waals surface area contributed by atoms with Crippen LogP contribution in [-0.4, -0.2) is 32.1 Å². The summed E-state index contributed by atoms with van der Waals surface area (Å²) >= 11 is 4.46. The van der Waals surface area contributed by atoms with Gasteiger partial charge in [0.2, 0.25) is 0 Å². The molecule has 1 fully saturated rings. The highest BCUT2D eigenvalue weighted by Crippen LogP contribution is 2.35. The first-order valence-electron chi connectivity index (χ1n) is 4.24. The van der Waals surface area contributed by atoms with Crippen LogP contribution in [0.4, 0.5) is 0 Å². The lowest BCUT2D eigenvalue weighted by Gasteiger charge is -2.34. The van der Waals surface area contributed by atoms with E-state index in [1.807, 2.05) is 0 Å². The Morgan fingerprint density at radius 2 is 2.08 bits per heavy atom. The predicted molar refractivity (Wildman–Crippen MR) is 55.8 cm³/mol. The van der Waals surface area contributed by atoms with Crippen LogP contribution in [0, 0.1) is 11.8 Å². The summed E-state index contributed by atoms with van der Waals surface area (Å²) in [6, 6.07) is 0. The molecule has 0 saturated heterocycles. The van der Waals surface area contributed by atoms with Gasteiger partial charge in [-0.05, 0) is 36.9 Å². The van der Waals surface area contributed by atoms with Gasteiger partial charge in [-0.25, -0.2) is 13.4 Å². The predicted octanol–water partition coefficient (Wildman–Crippen LogP) is 1.16. The fourth-order valence-corrected chi connectivity index (χ4v) is 2.93. The Kier molecular flexibility index (Phi) is 3.59. The van der Waals surface area contributed by atoms with E-state index in [9.17, 15) is 8.42 Å². The van der Waals surface area contributed by atoms with Crippen LogP contribution < -0.4 is 0 Å². The standard InChI is InChI=1S/C8H13NO2S2/c1-13(10,11)5-8-3-2-7(8)4-9-6-12/h7-8H,2-5H2,1H3. The van der Waals surface area contributed by atoms with Crippen molar-refractivity contribution >= 4 is 27.2 Å². The van der Waals surface area contributed by atoms with Crippen molar-refractivity contribution in [1.82, 2.24) is 0 Å². The maximum absolute atomic E-state index is 11.0. The molecule has 0 bridgehead atoms. The number of hydrogen-bond acceptors (Lipinski definition) is 4. The fourth-order valence-electron chi connectivity index (χ4n) is 1.64. The molecule has 0 N–H and O–H groups in total. The maximum Gasteiger partial charge on any atom is 0.147 e. The summed E-state index contributed by atoms with van der Waals surface area (Å²) in [6.45, 7) is 0.643. The molecular weight excluding hydrogens is 206 g/mol. The molecule has 0 aliphatic heterocycles. The molecule has 74 valence electrons. The summed E-state index contributed by atoms with van der Waals surface area (Å²) in [4.78, 5) is 3.84. The minimum Gasteiger partial charge on any atom is -0.232 e. The third-order valence-electron chi connectivity index (χ3n) is 2.48. The summed E-state index contributed by atoms with van der Waals surface area (Å²) in [5, 5.41) is 2.31. The van der Waals surface area contributed by atoms with Gasteiger partial charge >= 0.3 is 0 Å². The topological polar surface area (TPSA) is 46.5 Å². The largest absolute Gasteiger partial charge is 0.232 e. The highest BCUT2D eigenvalue weighted by atomic mass is 32.2. The molecule has 1 aliphatic carbocycles. The van der Waals surface area contributed by atoms with E-state index in [2.05, 4.69) is 22.4 Å². The van der Waals surface area contributed by atoms with Crippen LogP contribution >= 0.6 is 12.2 Å². The van der Waals surface area contributed by atoms with Crippen molar-refractivity contribution in [3.63, 3.8) is 0 Å². The van der Waals surface area contributed by atoms with E-state index >= 15 is 0 Å². The van der Waals surface area contributed by atoms with Gasteiger partial charge in [-0.15, -0.1) is 0 Å². The molecule has 0 amide bonds. The van der Waals surface area contributed by atoms with E-state index in [0.717, 1.165) is 12.8 Å². The first-order chi connectivity index (χ1) is 6.03. The van der Waals surface area contributed by atoms with Crippen LogP contribution in [-0.2, 0) is 9.84 Å². The van der Waals surface area contributed by atoms with Crippen LogP contribution in [0.15, 0.2) is 4.99 Å². The third-order valence-corrected chi connectivity index (χ3v) is 3.64. The average molecular weight is 219 g/mol. The summed E-state index contributed by atoms with van der Waals surface area (Å²) < 4.78 is 22.0. The molecule has 0 heterocycles.